The molecule has 0 fully saturated rings. The molecule has 0 atom stereocenters. The maximum Gasteiger partial charge on any atom is 0.263 e. The number of hydrogen-bond donors (Lipinski definition) is 1. The van der Waals surface area contributed by atoms with E-state index in [2.05, 4.69) is 30.8 Å². The van der Waals surface area contributed by atoms with Gasteiger partial charge in [0.2, 0.25) is 0 Å². The van der Waals surface area contributed by atoms with Gasteiger partial charge in [0.1, 0.15) is 11.2 Å². The van der Waals surface area contributed by atoms with Crippen molar-refractivity contribution in [3.05, 3.63) is 52.4 Å². The van der Waals surface area contributed by atoms with E-state index in [9.17, 15) is 8.42 Å². The number of nitrogens with zero attached hydrogens (tertiary/aromatic N) is 3. The van der Waals surface area contributed by atoms with Crippen molar-refractivity contribution < 1.29 is 8.42 Å². The predicted molar refractivity (Wildman–Crippen MR) is 82.9 cm³/mol. The van der Waals surface area contributed by atoms with Gasteiger partial charge in [-0.1, -0.05) is 23.7 Å². The number of nitrogens with one attached hydrogen (secondary N) is 1. The first-order chi connectivity index (χ1) is 9.97. The summed E-state index contributed by atoms with van der Waals surface area (Å²) >= 11 is 9.25. The van der Waals surface area contributed by atoms with Gasteiger partial charge in [-0.3, -0.25) is 9.12 Å². The number of fused-ring (bicyclic) bond motifs is 1. The van der Waals surface area contributed by atoms with Crippen molar-refractivity contribution in [2.24, 2.45) is 0 Å². The van der Waals surface area contributed by atoms with Crippen LogP contribution >= 0.6 is 27.5 Å². The summed E-state index contributed by atoms with van der Waals surface area (Å²) in [6.45, 7) is 0. The molecule has 2 aromatic heterocycles. The lowest BCUT2D eigenvalue weighted by molar-refractivity contribution is 0.601. The normalized spacial score (nSPS) is 11.7. The zero-order valence-corrected chi connectivity index (χ0v) is 13.5. The number of benzene rings is 1. The number of hydrogen-bond acceptors (Lipinski definition) is 4. The summed E-state index contributed by atoms with van der Waals surface area (Å²) in [7, 11) is -3.81. The van der Waals surface area contributed by atoms with Crippen LogP contribution in [0.2, 0.25) is 5.02 Å². The molecule has 3 rings (SSSR count). The van der Waals surface area contributed by atoms with Crippen molar-refractivity contribution in [3.8, 4) is 0 Å². The SMILES string of the molecule is O=S(=O)(Nc1cc(Br)cn2cnnc12)c1ccccc1Cl. The molecule has 0 saturated carbocycles. The molecule has 0 saturated heterocycles. The monoisotopic (exact) mass is 386 g/mol. The first kappa shape index (κ1) is 14.3. The second-order valence-corrected chi connectivity index (χ2v) is 7.14. The number of rotatable bonds is 3. The van der Waals surface area contributed by atoms with E-state index in [0.29, 0.717) is 15.8 Å². The van der Waals surface area contributed by atoms with Crippen LogP contribution in [0.3, 0.4) is 0 Å². The highest BCUT2D eigenvalue weighted by atomic mass is 79.9. The zero-order valence-electron chi connectivity index (χ0n) is 10.4. The van der Waals surface area contributed by atoms with Gasteiger partial charge in [-0.2, -0.15) is 0 Å². The van der Waals surface area contributed by atoms with E-state index in [1.54, 1.807) is 28.8 Å². The van der Waals surface area contributed by atoms with Crippen molar-refractivity contribution in [2.45, 2.75) is 4.90 Å². The minimum Gasteiger partial charge on any atom is -0.286 e. The topological polar surface area (TPSA) is 76.4 Å². The maximum atomic E-state index is 12.4. The highest BCUT2D eigenvalue weighted by Gasteiger charge is 2.19. The number of aromatic nitrogens is 3. The minimum atomic E-state index is -3.81. The van der Waals surface area contributed by atoms with Crippen LogP contribution < -0.4 is 4.72 Å². The van der Waals surface area contributed by atoms with E-state index in [-0.39, 0.29) is 9.92 Å². The highest BCUT2D eigenvalue weighted by Crippen LogP contribution is 2.26. The Hall–Kier alpha value is -1.64. The van der Waals surface area contributed by atoms with Crippen LogP contribution in [-0.4, -0.2) is 23.0 Å². The fourth-order valence-electron chi connectivity index (χ4n) is 1.84. The summed E-state index contributed by atoms with van der Waals surface area (Å²) in [5, 5.41) is 7.80. The Balaban J connectivity index is 2.10. The van der Waals surface area contributed by atoms with Crippen LogP contribution in [0.1, 0.15) is 0 Å². The Bertz CT molecular complexity index is 926. The second-order valence-electron chi connectivity index (χ2n) is 4.17. The molecule has 0 spiro atoms. The molecule has 0 unspecified atom stereocenters. The lowest BCUT2D eigenvalue weighted by Gasteiger charge is -2.10. The molecule has 2 heterocycles. The van der Waals surface area contributed by atoms with E-state index in [1.807, 2.05) is 0 Å². The van der Waals surface area contributed by atoms with Crippen LogP contribution in [0.5, 0.6) is 0 Å². The van der Waals surface area contributed by atoms with Gasteiger partial charge in [0, 0.05) is 10.7 Å². The molecule has 0 amide bonds. The van der Waals surface area contributed by atoms with Crippen molar-refractivity contribution in [2.75, 3.05) is 4.72 Å². The number of sulfonamides is 1. The Morgan fingerprint density at radius 2 is 2.05 bits per heavy atom. The van der Waals surface area contributed by atoms with Crippen molar-refractivity contribution in [1.82, 2.24) is 14.6 Å². The van der Waals surface area contributed by atoms with Gasteiger partial charge in [-0.05, 0) is 34.1 Å². The molecular weight excluding hydrogens is 380 g/mol. The zero-order chi connectivity index (χ0) is 15.0. The van der Waals surface area contributed by atoms with E-state index < -0.39 is 10.0 Å². The summed E-state index contributed by atoms with van der Waals surface area (Å²) in [5.74, 6) is 0. The predicted octanol–water partition coefficient (Wildman–Crippen LogP) is 2.95. The van der Waals surface area contributed by atoms with Gasteiger partial charge in [-0.25, -0.2) is 8.42 Å². The summed E-state index contributed by atoms with van der Waals surface area (Å²) in [4.78, 5) is 0.00399. The minimum absolute atomic E-state index is 0.00399. The molecule has 0 radical (unpaired) electrons. The van der Waals surface area contributed by atoms with Crippen LogP contribution in [0.15, 0.2) is 52.2 Å². The smallest absolute Gasteiger partial charge is 0.263 e. The Kier molecular flexibility index (Phi) is 3.60. The van der Waals surface area contributed by atoms with Crippen LogP contribution in [-0.2, 0) is 10.0 Å². The Morgan fingerprint density at radius 3 is 2.81 bits per heavy atom. The summed E-state index contributed by atoms with van der Waals surface area (Å²) in [6.07, 6.45) is 3.20. The molecular formula is C12H8BrClN4O2S. The molecule has 108 valence electrons. The second kappa shape index (κ2) is 5.28. The number of anilines is 1. The number of pyridine rings is 1. The van der Waals surface area contributed by atoms with E-state index in [4.69, 9.17) is 11.6 Å². The van der Waals surface area contributed by atoms with Crippen molar-refractivity contribution >= 4 is 48.9 Å². The lowest BCUT2D eigenvalue weighted by Crippen LogP contribution is -2.14. The average molecular weight is 388 g/mol. The van der Waals surface area contributed by atoms with Crippen molar-refractivity contribution in [3.63, 3.8) is 0 Å². The largest absolute Gasteiger partial charge is 0.286 e. The van der Waals surface area contributed by atoms with E-state index in [0.717, 1.165) is 0 Å². The fraction of sp³-hybridized carbons (Fsp3) is 0. The van der Waals surface area contributed by atoms with Gasteiger partial charge in [0.05, 0.1) is 10.7 Å². The molecule has 0 aliphatic heterocycles. The third-order valence-electron chi connectivity index (χ3n) is 2.73. The van der Waals surface area contributed by atoms with Crippen LogP contribution in [0.25, 0.3) is 5.65 Å². The van der Waals surface area contributed by atoms with Gasteiger partial charge < -0.3 is 0 Å². The maximum absolute atomic E-state index is 12.4. The van der Waals surface area contributed by atoms with Gasteiger partial charge >= 0.3 is 0 Å². The standard InChI is InChI=1S/C12H8BrClN4O2S/c13-8-5-10(12-16-15-7-18(12)6-8)17-21(19,20)11-4-2-1-3-9(11)14/h1-7,17H. The molecule has 0 aliphatic rings. The summed E-state index contributed by atoms with van der Waals surface area (Å²) in [5.41, 5.74) is 0.704. The third-order valence-corrected chi connectivity index (χ3v) is 5.03. The number of halogens is 2. The van der Waals surface area contributed by atoms with Gasteiger partial charge in [-0.15, -0.1) is 10.2 Å². The van der Waals surface area contributed by atoms with Gasteiger partial charge in [0.15, 0.2) is 5.65 Å². The Labute approximate surface area is 133 Å². The fourth-order valence-corrected chi connectivity index (χ4v) is 3.86. The Morgan fingerprint density at radius 1 is 1.29 bits per heavy atom. The first-order valence-corrected chi connectivity index (χ1v) is 8.39. The molecule has 9 heteroatoms. The third kappa shape index (κ3) is 2.74. The molecule has 21 heavy (non-hydrogen) atoms. The van der Waals surface area contributed by atoms with Crippen molar-refractivity contribution in [1.29, 1.82) is 0 Å². The molecule has 0 bridgehead atoms. The average Bonchev–Trinajstić information content (AvgIpc) is 2.86. The molecule has 6 nitrogen and oxygen atoms in total. The van der Waals surface area contributed by atoms with Gasteiger partial charge in [0.25, 0.3) is 10.0 Å². The molecule has 1 N–H and O–H groups in total. The van der Waals surface area contributed by atoms with Crippen LogP contribution in [0, 0.1) is 0 Å². The molecule has 0 aliphatic carbocycles. The van der Waals surface area contributed by atoms with Crippen LogP contribution in [0.4, 0.5) is 5.69 Å². The highest BCUT2D eigenvalue weighted by molar-refractivity contribution is 9.10. The molecule has 3 aromatic rings. The quantitative estimate of drug-likeness (QED) is 0.749. The first-order valence-electron chi connectivity index (χ1n) is 5.73. The summed E-state index contributed by atoms with van der Waals surface area (Å²) in [6, 6.07) is 7.83. The van der Waals surface area contributed by atoms with E-state index >= 15 is 0 Å². The molecule has 1 aromatic carbocycles. The summed E-state index contributed by atoms with van der Waals surface area (Å²) < 4.78 is 29.6. The van der Waals surface area contributed by atoms with E-state index in [1.165, 1.54) is 18.5 Å². The lowest BCUT2D eigenvalue weighted by atomic mass is 10.4.